The molecule has 0 aliphatic carbocycles. The summed E-state index contributed by atoms with van der Waals surface area (Å²) in [7, 11) is 3.19. The fourth-order valence-corrected chi connectivity index (χ4v) is 4.28. The van der Waals surface area contributed by atoms with Crippen LogP contribution >= 0.6 is 0 Å². The number of nitrogens with zero attached hydrogens (tertiary/aromatic N) is 1. The van der Waals surface area contributed by atoms with Crippen LogP contribution in [0.1, 0.15) is 28.5 Å². The van der Waals surface area contributed by atoms with Gasteiger partial charge in [0.2, 0.25) is 0 Å². The molecule has 3 aromatic rings. The van der Waals surface area contributed by atoms with E-state index < -0.39 is 5.97 Å². The zero-order valence-electron chi connectivity index (χ0n) is 17.5. The zero-order chi connectivity index (χ0) is 21.4. The van der Waals surface area contributed by atoms with Gasteiger partial charge in [0.05, 0.1) is 32.1 Å². The summed E-state index contributed by atoms with van der Waals surface area (Å²) in [6, 6.07) is 10.2. The lowest BCUT2D eigenvalue weighted by atomic mass is 9.93. The molecule has 6 heteroatoms. The number of hydrogen-bond acceptors (Lipinski definition) is 4. The second-order valence-corrected chi connectivity index (χ2v) is 7.18. The van der Waals surface area contributed by atoms with E-state index in [1.54, 1.807) is 27.2 Å². The molecule has 2 heterocycles. The summed E-state index contributed by atoms with van der Waals surface area (Å²) in [6.45, 7) is 4.68. The van der Waals surface area contributed by atoms with E-state index in [1.807, 2.05) is 25.1 Å². The fraction of sp³-hybridized carbons (Fsp3) is 0.292. The quantitative estimate of drug-likeness (QED) is 0.555. The molecule has 1 aliphatic rings. The number of aromatic nitrogens is 1. The van der Waals surface area contributed by atoms with Crippen LogP contribution in [0.25, 0.3) is 22.4 Å². The van der Waals surface area contributed by atoms with Crippen molar-refractivity contribution >= 4 is 5.97 Å². The Bertz CT molecular complexity index is 1130. The monoisotopic (exact) mass is 409 g/mol. The molecule has 1 aromatic heterocycles. The number of halogens is 1. The molecule has 0 N–H and O–H groups in total. The number of benzene rings is 2. The Labute approximate surface area is 175 Å². The van der Waals surface area contributed by atoms with Crippen molar-refractivity contribution in [1.29, 1.82) is 0 Å². The number of rotatable bonds is 5. The predicted molar refractivity (Wildman–Crippen MR) is 113 cm³/mol. The van der Waals surface area contributed by atoms with Crippen LogP contribution in [-0.4, -0.2) is 31.4 Å². The van der Waals surface area contributed by atoms with E-state index in [0.717, 1.165) is 28.9 Å². The molecular weight excluding hydrogens is 385 g/mol. The first-order chi connectivity index (χ1) is 14.5. The third-order valence-corrected chi connectivity index (χ3v) is 5.59. The molecule has 1 aliphatic heterocycles. The van der Waals surface area contributed by atoms with Crippen molar-refractivity contribution in [3.8, 4) is 33.9 Å². The van der Waals surface area contributed by atoms with Gasteiger partial charge in [-0.1, -0.05) is 12.1 Å². The molecule has 5 nitrogen and oxygen atoms in total. The highest BCUT2D eigenvalue weighted by Crippen LogP contribution is 2.45. The van der Waals surface area contributed by atoms with E-state index in [4.69, 9.17) is 14.2 Å². The number of hydrogen-bond donors (Lipinski definition) is 0. The zero-order valence-corrected chi connectivity index (χ0v) is 17.5. The topological polar surface area (TPSA) is 49.7 Å². The van der Waals surface area contributed by atoms with E-state index in [1.165, 1.54) is 12.1 Å². The molecule has 0 amide bonds. The third kappa shape index (κ3) is 3.12. The predicted octanol–water partition coefficient (Wildman–Crippen LogP) is 5.02. The summed E-state index contributed by atoms with van der Waals surface area (Å²) in [6.07, 6.45) is 0.781. The molecule has 30 heavy (non-hydrogen) atoms. The average molecular weight is 409 g/mol. The fourth-order valence-electron chi connectivity index (χ4n) is 4.28. The van der Waals surface area contributed by atoms with Gasteiger partial charge in [0.15, 0.2) is 11.5 Å². The van der Waals surface area contributed by atoms with Gasteiger partial charge in [-0.3, -0.25) is 0 Å². The summed E-state index contributed by atoms with van der Waals surface area (Å²) in [5, 5.41) is 0. The Morgan fingerprint density at radius 3 is 2.53 bits per heavy atom. The van der Waals surface area contributed by atoms with Gasteiger partial charge in [-0.25, -0.2) is 9.18 Å². The van der Waals surface area contributed by atoms with Crippen molar-refractivity contribution in [3.63, 3.8) is 0 Å². The minimum absolute atomic E-state index is 0.254. The Morgan fingerprint density at radius 1 is 1.13 bits per heavy atom. The van der Waals surface area contributed by atoms with Gasteiger partial charge < -0.3 is 18.8 Å². The molecule has 0 saturated heterocycles. The molecule has 0 fully saturated rings. The van der Waals surface area contributed by atoms with Crippen LogP contribution in [0.2, 0.25) is 0 Å². The molecule has 0 atom stereocenters. The minimum atomic E-state index is -0.420. The highest BCUT2D eigenvalue weighted by molar-refractivity contribution is 6.05. The van der Waals surface area contributed by atoms with Crippen LogP contribution in [0.3, 0.4) is 0 Å². The Morgan fingerprint density at radius 2 is 1.87 bits per heavy atom. The summed E-state index contributed by atoms with van der Waals surface area (Å²) in [5.74, 6) is 0.468. The molecule has 0 bridgehead atoms. The highest BCUT2D eigenvalue weighted by Gasteiger charge is 2.32. The Balaban J connectivity index is 2.05. The maximum atomic E-state index is 14.0. The van der Waals surface area contributed by atoms with Crippen molar-refractivity contribution in [2.75, 3.05) is 20.8 Å². The number of esters is 1. The lowest BCUT2D eigenvalue weighted by Gasteiger charge is -2.23. The van der Waals surface area contributed by atoms with Gasteiger partial charge >= 0.3 is 5.97 Å². The summed E-state index contributed by atoms with van der Waals surface area (Å²) in [5.41, 5.74) is 5.44. The number of methoxy groups -OCH3 is 2. The van der Waals surface area contributed by atoms with E-state index in [2.05, 4.69) is 4.57 Å². The lowest BCUT2D eigenvalue weighted by molar-refractivity contribution is 0.0528. The number of aryl methyl sites for hydroxylation is 1. The minimum Gasteiger partial charge on any atom is -0.493 e. The van der Waals surface area contributed by atoms with Crippen molar-refractivity contribution in [2.24, 2.45) is 0 Å². The third-order valence-electron chi connectivity index (χ3n) is 5.59. The van der Waals surface area contributed by atoms with E-state index in [0.29, 0.717) is 34.7 Å². The number of carbonyl (C=O) groups excluding carboxylic acids is 1. The van der Waals surface area contributed by atoms with Gasteiger partial charge in [0.1, 0.15) is 5.82 Å². The average Bonchev–Trinajstić information content (AvgIpc) is 3.05. The molecule has 0 saturated carbocycles. The van der Waals surface area contributed by atoms with E-state index >= 15 is 0 Å². The Kier molecular flexibility index (Phi) is 5.24. The van der Waals surface area contributed by atoms with Gasteiger partial charge in [-0.2, -0.15) is 0 Å². The number of carbonyl (C=O) groups is 1. The summed E-state index contributed by atoms with van der Waals surface area (Å²) in [4.78, 5) is 13.1. The van der Waals surface area contributed by atoms with Crippen LogP contribution in [0, 0.1) is 12.7 Å². The maximum absolute atomic E-state index is 14.0. The molecule has 4 rings (SSSR count). The Hall–Kier alpha value is -3.28. The van der Waals surface area contributed by atoms with E-state index in [9.17, 15) is 9.18 Å². The lowest BCUT2D eigenvalue weighted by Crippen LogP contribution is -2.15. The number of ether oxygens (including phenoxy) is 3. The first-order valence-corrected chi connectivity index (χ1v) is 9.91. The molecular formula is C24H24FNO4. The number of fused-ring (bicyclic) bond motifs is 3. The molecule has 2 aromatic carbocycles. The van der Waals surface area contributed by atoms with Crippen molar-refractivity contribution in [3.05, 3.63) is 59.0 Å². The molecule has 156 valence electrons. The van der Waals surface area contributed by atoms with Crippen LogP contribution < -0.4 is 9.47 Å². The first kappa shape index (κ1) is 20.0. The molecule has 0 unspecified atom stereocenters. The van der Waals surface area contributed by atoms with E-state index in [-0.39, 0.29) is 12.4 Å². The first-order valence-electron chi connectivity index (χ1n) is 9.91. The van der Waals surface area contributed by atoms with Gasteiger partial charge in [0.25, 0.3) is 0 Å². The second-order valence-electron chi connectivity index (χ2n) is 7.18. The van der Waals surface area contributed by atoms with Gasteiger partial charge in [-0.15, -0.1) is 0 Å². The SMILES string of the molecule is CCOC(=O)c1c(-c2cccc(F)c2)c(C)n2c1-c1cc(OC)c(OC)cc1CC2. The van der Waals surface area contributed by atoms with Crippen LogP contribution in [0.5, 0.6) is 11.5 Å². The standard InChI is InChI=1S/C24H24FNO4/c1-5-30-24(27)22-21(16-7-6-8-17(25)11-16)14(2)26-10-9-15-12-19(28-3)20(29-4)13-18(15)23(22)26/h6-8,11-13H,5,9-10H2,1-4H3. The van der Waals surface area contributed by atoms with Crippen molar-refractivity contribution in [1.82, 2.24) is 4.57 Å². The van der Waals surface area contributed by atoms with Gasteiger partial charge in [-0.05, 0) is 55.7 Å². The van der Waals surface area contributed by atoms with Crippen LogP contribution in [0.15, 0.2) is 36.4 Å². The largest absolute Gasteiger partial charge is 0.493 e. The van der Waals surface area contributed by atoms with Crippen LogP contribution in [0.4, 0.5) is 4.39 Å². The highest BCUT2D eigenvalue weighted by atomic mass is 19.1. The van der Waals surface area contributed by atoms with Crippen LogP contribution in [-0.2, 0) is 17.7 Å². The van der Waals surface area contributed by atoms with Crippen molar-refractivity contribution in [2.45, 2.75) is 26.8 Å². The molecule has 0 radical (unpaired) electrons. The summed E-state index contributed by atoms with van der Waals surface area (Å²) < 4.78 is 32.5. The smallest absolute Gasteiger partial charge is 0.340 e. The second kappa shape index (κ2) is 7.86. The molecule has 0 spiro atoms. The van der Waals surface area contributed by atoms with Crippen molar-refractivity contribution < 1.29 is 23.4 Å². The normalized spacial score (nSPS) is 12.2. The summed E-state index contributed by atoms with van der Waals surface area (Å²) >= 11 is 0. The van der Waals surface area contributed by atoms with Gasteiger partial charge in [0, 0.05) is 23.4 Å². The maximum Gasteiger partial charge on any atom is 0.340 e.